The summed E-state index contributed by atoms with van der Waals surface area (Å²) in [5.41, 5.74) is 1.39. The molecule has 0 atom stereocenters. The van der Waals surface area contributed by atoms with Crippen molar-refractivity contribution in [2.24, 2.45) is 0 Å². The predicted octanol–water partition coefficient (Wildman–Crippen LogP) is -0.551. The number of carboxylic acid groups (broad SMARTS) is 3. The van der Waals surface area contributed by atoms with E-state index in [2.05, 4.69) is 4.90 Å². The molecule has 1 heterocycles. The summed E-state index contributed by atoms with van der Waals surface area (Å²) in [4.78, 5) is 53.1. The van der Waals surface area contributed by atoms with Gasteiger partial charge in [-0.1, -0.05) is 12.1 Å². The number of ether oxygens (including phenoxy) is 1. The number of aliphatic carboxylic acids is 3. The molecule has 0 aliphatic carbocycles. The highest BCUT2D eigenvalue weighted by Crippen LogP contribution is 2.10. The fourth-order valence-electron chi connectivity index (χ4n) is 3.91. The number of carbonyl (C=O) groups is 4. The van der Waals surface area contributed by atoms with E-state index in [1.165, 1.54) is 7.11 Å². The topological polar surface area (TPSA) is 151 Å². The van der Waals surface area contributed by atoms with E-state index >= 15 is 0 Å². The Bertz CT molecular complexity index is 832. The molecule has 1 aromatic rings. The second-order valence-corrected chi connectivity index (χ2v) is 8.47. The third-order valence-corrected chi connectivity index (χ3v) is 5.79. The van der Waals surface area contributed by atoms with Crippen molar-refractivity contribution in [1.29, 1.82) is 0 Å². The summed E-state index contributed by atoms with van der Waals surface area (Å²) < 4.78 is 4.73. The Morgan fingerprint density at radius 3 is 1.31 bits per heavy atom. The van der Waals surface area contributed by atoms with Crippen molar-refractivity contribution in [3.63, 3.8) is 0 Å². The van der Waals surface area contributed by atoms with Gasteiger partial charge in [0.2, 0.25) is 0 Å². The zero-order chi connectivity index (χ0) is 25.8. The van der Waals surface area contributed by atoms with E-state index in [0.717, 1.165) is 5.56 Å². The van der Waals surface area contributed by atoms with Crippen LogP contribution in [0.2, 0.25) is 0 Å². The van der Waals surface area contributed by atoms with Crippen LogP contribution in [0.25, 0.3) is 0 Å². The monoisotopic (exact) mass is 494 g/mol. The van der Waals surface area contributed by atoms with Gasteiger partial charge in [-0.3, -0.25) is 34.0 Å². The van der Waals surface area contributed by atoms with Gasteiger partial charge in [-0.25, -0.2) is 4.79 Å². The number of carbonyl (C=O) groups excluding carboxylic acids is 1. The largest absolute Gasteiger partial charge is 0.480 e. The minimum Gasteiger partial charge on any atom is -0.480 e. The number of nitrogens with zero attached hydrogens (tertiary/aromatic N) is 4. The molecule has 1 aromatic carbocycles. The second kappa shape index (κ2) is 14.4. The highest BCUT2D eigenvalue weighted by atomic mass is 16.5. The third-order valence-electron chi connectivity index (χ3n) is 5.79. The Labute approximate surface area is 204 Å². The fraction of sp³-hybridized carbons (Fsp3) is 0.565. The minimum atomic E-state index is -0.990. The Morgan fingerprint density at radius 2 is 1.00 bits per heavy atom. The van der Waals surface area contributed by atoms with Gasteiger partial charge in [0.25, 0.3) is 0 Å². The molecule has 0 unspecified atom stereocenters. The maximum atomic E-state index is 11.7. The summed E-state index contributed by atoms with van der Waals surface area (Å²) in [6.07, 6.45) is 0. The lowest BCUT2D eigenvalue weighted by Crippen LogP contribution is -2.48. The van der Waals surface area contributed by atoms with Crippen molar-refractivity contribution in [3.05, 3.63) is 35.4 Å². The van der Waals surface area contributed by atoms with E-state index in [9.17, 15) is 34.5 Å². The lowest BCUT2D eigenvalue weighted by atomic mass is 10.1. The number of benzene rings is 1. The molecule has 1 aliphatic heterocycles. The molecule has 0 radical (unpaired) electrons. The maximum Gasteiger partial charge on any atom is 0.337 e. The fourth-order valence-corrected chi connectivity index (χ4v) is 3.91. The lowest BCUT2D eigenvalue weighted by molar-refractivity contribution is -0.140. The van der Waals surface area contributed by atoms with Gasteiger partial charge in [-0.2, -0.15) is 0 Å². The van der Waals surface area contributed by atoms with Crippen LogP contribution in [-0.4, -0.2) is 138 Å². The number of hydrogen-bond donors (Lipinski definition) is 3. The Morgan fingerprint density at radius 1 is 0.657 bits per heavy atom. The molecule has 1 aliphatic rings. The van der Waals surface area contributed by atoms with Crippen molar-refractivity contribution in [3.8, 4) is 0 Å². The van der Waals surface area contributed by atoms with Gasteiger partial charge in [0, 0.05) is 58.9 Å². The second-order valence-electron chi connectivity index (χ2n) is 8.47. The Balaban J connectivity index is 2.17. The van der Waals surface area contributed by atoms with Crippen LogP contribution in [0.4, 0.5) is 0 Å². The van der Waals surface area contributed by atoms with Crippen molar-refractivity contribution >= 4 is 23.9 Å². The zero-order valence-electron chi connectivity index (χ0n) is 20.0. The van der Waals surface area contributed by atoms with Gasteiger partial charge in [0.15, 0.2) is 0 Å². The van der Waals surface area contributed by atoms with E-state index in [4.69, 9.17) is 4.74 Å². The molecule has 12 nitrogen and oxygen atoms in total. The first-order valence-corrected chi connectivity index (χ1v) is 11.4. The van der Waals surface area contributed by atoms with Crippen molar-refractivity contribution in [2.45, 2.75) is 6.54 Å². The van der Waals surface area contributed by atoms with Crippen LogP contribution in [0.5, 0.6) is 0 Å². The van der Waals surface area contributed by atoms with Crippen LogP contribution in [-0.2, 0) is 25.7 Å². The van der Waals surface area contributed by atoms with Crippen LogP contribution < -0.4 is 0 Å². The quantitative estimate of drug-likeness (QED) is 0.378. The first-order valence-electron chi connectivity index (χ1n) is 11.4. The number of carboxylic acids is 3. The molecule has 0 saturated carbocycles. The first kappa shape index (κ1) is 28.2. The van der Waals surface area contributed by atoms with Crippen molar-refractivity contribution in [2.75, 3.05) is 79.1 Å². The summed E-state index contributed by atoms with van der Waals surface area (Å²) in [5.74, 6) is -3.33. The van der Waals surface area contributed by atoms with E-state index < -0.39 is 23.9 Å². The lowest BCUT2D eigenvalue weighted by Gasteiger charge is -2.33. The molecule has 35 heavy (non-hydrogen) atoms. The van der Waals surface area contributed by atoms with Gasteiger partial charge < -0.3 is 20.1 Å². The molecule has 12 heteroatoms. The molecular formula is C23H34N4O8. The maximum absolute atomic E-state index is 11.7. The third kappa shape index (κ3) is 10.8. The number of hydrogen-bond acceptors (Lipinski definition) is 9. The molecule has 0 aromatic heterocycles. The van der Waals surface area contributed by atoms with Gasteiger partial charge >= 0.3 is 23.9 Å². The smallest absolute Gasteiger partial charge is 0.337 e. The van der Waals surface area contributed by atoms with Crippen molar-refractivity contribution < 1.29 is 39.2 Å². The van der Waals surface area contributed by atoms with Crippen LogP contribution >= 0.6 is 0 Å². The summed E-state index contributed by atoms with van der Waals surface area (Å²) in [6.45, 7) is 3.45. The first-order chi connectivity index (χ1) is 16.7. The zero-order valence-corrected chi connectivity index (χ0v) is 20.0. The SMILES string of the molecule is COC(=O)c1ccc(CN2CCN(CC(=O)O)CCN(CC(=O)O)CCN(CC(=O)O)CC2)cc1. The van der Waals surface area contributed by atoms with Gasteiger partial charge in [-0.15, -0.1) is 0 Å². The average Bonchev–Trinajstić information content (AvgIpc) is 2.79. The summed E-state index contributed by atoms with van der Waals surface area (Å²) in [6, 6.07) is 7.02. The molecule has 0 amide bonds. The minimum absolute atomic E-state index is 0.159. The van der Waals surface area contributed by atoms with Crippen LogP contribution in [0.3, 0.4) is 0 Å². The molecule has 1 fully saturated rings. The summed E-state index contributed by atoms with van der Waals surface area (Å²) in [5, 5.41) is 27.9. The highest BCUT2D eigenvalue weighted by Gasteiger charge is 2.20. The average molecular weight is 495 g/mol. The predicted molar refractivity (Wildman–Crippen MR) is 125 cm³/mol. The number of esters is 1. The molecule has 194 valence electrons. The van der Waals surface area contributed by atoms with E-state index in [1.54, 1.807) is 26.8 Å². The summed E-state index contributed by atoms with van der Waals surface area (Å²) in [7, 11) is 1.32. The normalized spacial score (nSPS) is 17.7. The number of rotatable bonds is 9. The molecule has 0 bridgehead atoms. The molecule has 0 spiro atoms. The molecule has 2 rings (SSSR count). The Hall–Kier alpha value is -3.06. The van der Waals surface area contributed by atoms with E-state index in [0.29, 0.717) is 64.5 Å². The van der Waals surface area contributed by atoms with E-state index in [1.807, 2.05) is 12.1 Å². The van der Waals surface area contributed by atoms with Gasteiger partial charge in [0.1, 0.15) is 0 Å². The Kier molecular flexibility index (Phi) is 11.6. The van der Waals surface area contributed by atoms with Crippen LogP contribution in [0, 0.1) is 0 Å². The molecule has 3 N–H and O–H groups in total. The molecule has 1 saturated heterocycles. The van der Waals surface area contributed by atoms with Crippen LogP contribution in [0.1, 0.15) is 15.9 Å². The van der Waals surface area contributed by atoms with Crippen LogP contribution in [0.15, 0.2) is 24.3 Å². The van der Waals surface area contributed by atoms with Gasteiger partial charge in [0.05, 0.1) is 32.3 Å². The van der Waals surface area contributed by atoms with Crippen molar-refractivity contribution in [1.82, 2.24) is 19.6 Å². The van der Waals surface area contributed by atoms with E-state index in [-0.39, 0.29) is 19.6 Å². The molecular weight excluding hydrogens is 460 g/mol. The highest BCUT2D eigenvalue weighted by molar-refractivity contribution is 5.89. The number of methoxy groups -OCH3 is 1. The summed E-state index contributed by atoms with van der Waals surface area (Å²) >= 11 is 0. The van der Waals surface area contributed by atoms with Gasteiger partial charge in [-0.05, 0) is 17.7 Å². The standard InChI is InChI=1S/C23H34N4O8/c1-35-23(34)19-4-2-18(3-5-19)14-24-6-8-25(15-20(28)29)10-12-27(17-22(32)33)13-11-26(9-7-24)16-21(30)31/h2-5H,6-17H2,1H3,(H,28,29)(H,30,31)(H,32,33).